The van der Waals surface area contributed by atoms with Gasteiger partial charge in [0.15, 0.2) is 11.6 Å². The number of benzene rings is 2. The van der Waals surface area contributed by atoms with Crippen molar-refractivity contribution >= 4 is 35.1 Å². The number of thioether (sulfide) groups is 2. The molecule has 0 atom stereocenters. The maximum Gasteiger partial charge on any atom is 0.193 e. The highest BCUT2D eigenvalue weighted by Gasteiger charge is 2.20. The van der Waals surface area contributed by atoms with Gasteiger partial charge in [-0.1, -0.05) is 0 Å². The lowest BCUT2D eigenvalue weighted by atomic mass is 9.99. The van der Waals surface area contributed by atoms with Crippen molar-refractivity contribution in [3.63, 3.8) is 0 Å². The fourth-order valence-electron chi connectivity index (χ4n) is 2.31. The molecule has 4 heteroatoms. The molecule has 0 amide bonds. The van der Waals surface area contributed by atoms with Gasteiger partial charge in [0.25, 0.3) is 0 Å². The molecule has 0 spiro atoms. The minimum atomic E-state index is -0.0335. The molecule has 0 radical (unpaired) electrons. The molecule has 1 aliphatic rings. The Morgan fingerprint density at radius 1 is 1.10 bits per heavy atom. The van der Waals surface area contributed by atoms with Crippen LogP contribution < -0.4 is 0 Å². The van der Waals surface area contributed by atoms with Crippen LogP contribution in [-0.2, 0) is 0 Å². The Bertz CT molecular complexity index is 705. The van der Waals surface area contributed by atoms with Crippen molar-refractivity contribution in [3.05, 3.63) is 59.2 Å². The fraction of sp³-hybridized carbons (Fsp3) is 0.176. The van der Waals surface area contributed by atoms with Gasteiger partial charge in [0.2, 0.25) is 0 Å². The molecule has 0 bridgehead atoms. The summed E-state index contributed by atoms with van der Waals surface area (Å²) in [6, 6.07) is 13.0. The molecule has 1 heterocycles. The number of hydrogen-bond acceptors (Lipinski definition) is 4. The maximum absolute atomic E-state index is 12.5. The summed E-state index contributed by atoms with van der Waals surface area (Å²) in [5, 5.41) is 0. The average molecular weight is 314 g/mol. The summed E-state index contributed by atoms with van der Waals surface area (Å²) in [4.78, 5) is 26.6. The minimum Gasteiger partial charge on any atom is -0.294 e. The SMILES string of the molecule is CSc1ccc(C(=O)c2ccc3c(c2)C(=O)CCS3)cc1. The number of fused-ring (bicyclic) bond motifs is 1. The van der Waals surface area contributed by atoms with Gasteiger partial charge in [-0.2, -0.15) is 0 Å². The summed E-state index contributed by atoms with van der Waals surface area (Å²) in [5.41, 5.74) is 1.93. The molecule has 1 aliphatic heterocycles. The third-order valence-electron chi connectivity index (χ3n) is 3.48. The number of rotatable bonds is 3. The van der Waals surface area contributed by atoms with Crippen LogP contribution in [-0.4, -0.2) is 23.6 Å². The third kappa shape index (κ3) is 2.92. The van der Waals surface area contributed by atoms with E-state index in [2.05, 4.69) is 0 Å². The summed E-state index contributed by atoms with van der Waals surface area (Å²) in [6.07, 6.45) is 2.56. The quantitative estimate of drug-likeness (QED) is 0.624. The predicted octanol–water partition coefficient (Wildman–Crippen LogP) is 4.32. The van der Waals surface area contributed by atoms with E-state index in [0.29, 0.717) is 23.1 Å². The number of hydrogen-bond donors (Lipinski definition) is 0. The summed E-state index contributed by atoms with van der Waals surface area (Å²) >= 11 is 3.32. The Morgan fingerprint density at radius 2 is 1.81 bits per heavy atom. The Labute approximate surface area is 132 Å². The van der Waals surface area contributed by atoms with Crippen LogP contribution in [0, 0.1) is 0 Å². The van der Waals surface area contributed by atoms with Crippen LogP contribution in [0.15, 0.2) is 52.3 Å². The lowest BCUT2D eigenvalue weighted by Crippen LogP contribution is -2.10. The van der Waals surface area contributed by atoms with Gasteiger partial charge in [-0.05, 0) is 48.7 Å². The number of carbonyl (C=O) groups excluding carboxylic acids is 2. The van der Waals surface area contributed by atoms with Gasteiger partial charge in [0.05, 0.1) is 0 Å². The molecule has 0 aliphatic carbocycles. The van der Waals surface area contributed by atoms with Crippen molar-refractivity contribution in [1.82, 2.24) is 0 Å². The highest BCUT2D eigenvalue weighted by molar-refractivity contribution is 7.99. The summed E-state index contributed by atoms with van der Waals surface area (Å²) < 4.78 is 0. The smallest absolute Gasteiger partial charge is 0.193 e. The van der Waals surface area contributed by atoms with E-state index >= 15 is 0 Å². The molecular weight excluding hydrogens is 300 g/mol. The molecule has 0 saturated heterocycles. The van der Waals surface area contributed by atoms with E-state index in [1.54, 1.807) is 29.6 Å². The monoisotopic (exact) mass is 314 g/mol. The highest BCUT2D eigenvalue weighted by Crippen LogP contribution is 2.31. The van der Waals surface area contributed by atoms with Gasteiger partial charge in [-0.25, -0.2) is 0 Å². The van der Waals surface area contributed by atoms with Crippen LogP contribution in [0.1, 0.15) is 32.7 Å². The van der Waals surface area contributed by atoms with Crippen LogP contribution in [0.4, 0.5) is 0 Å². The fourth-order valence-corrected chi connectivity index (χ4v) is 3.72. The lowest BCUT2D eigenvalue weighted by Gasteiger charge is -2.14. The first-order chi connectivity index (χ1) is 10.2. The third-order valence-corrected chi connectivity index (χ3v) is 5.30. The molecule has 0 N–H and O–H groups in total. The Hall–Kier alpha value is -1.52. The lowest BCUT2D eigenvalue weighted by molar-refractivity contribution is 0.0985. The molecule has 2 nitrogen and oxygen atoms in total. The number of ketones is 2. The van der Waals surface area contributed by atoms with E-state index in [9.17, 15) is 9.59 Å². The molecule has 2 aromatic rings. The molecule has 0 fully saturated rings. The second kappa shape index (κ2) is 6.08. The van der Waals surface area contributed by atoms with E-state index in [4.69, 9.17) is 0 Å². The highest BCUT2D eigenvalue weighted by atomic mass is 32.2. The van der Waals surface area contributed by atoms with Crippen LogP contribution in [0.3, 0.4) is 0 Å². The topological polar surface area (TPSA) is 34.1 Å². The predicted molar refractivity (Wildman–Crippen MR) is 87.8 cm³/mol. The van der Waals surface area contributed by atoms with Crippen molar-refractivity contribution < 1.29 is 9.59 Å². The Balaban J connectivity index is 1.94. The minimum absolute atomic E-state index is 0.0335. The summed E-state index contributed by atoms with van der Waals surface area (Å²) in [7, 11) is 0. The molecule has 0 saturated carbocycles. The first-order valence-corrected chi connectivity index (χ1v) is 8.89. The first kappa shape index (κ1) is 14.4. The molecule has 0 aromatic heterocycles. The Morgan fingerprint density at radius 3 is 2.52 bits per heavy atom. The summed E-state index contributed by atoms with van der Waals surface area (Å²) in [5.74, 6) is 0.930. The second-order valence-electron chi connectivity index (χ2n) is 4.79. The average Bonchev–Trinajstić information content (AvgIpc) is 2.54. The van der Waals surface area contributed by atoms with Crippen LogP contribution in [0.2, 0.25) is 0 Å². The number of carbonyl (C=O) groups is 2. The summed E-state index contributed by atoms with van der Waals surface area (Å²) in [6.45, 7) is 0. The molecule has 0 unspecified atom stereocenters. The van der Waals surface area contributed by atoms with E-state index < -0.39 is 0 Å². The number of Topliss-reactive ketones (excluding diaryl/α,β-unsaturated/α-hetero) is 1. The normalized spacial score (nSPS) is 13.9. The van der Waals surface area contributed by atoms with Crippen molar-refractivity contribution in [3.8, 4) is 0 Å². The van der Waals surface area contributed by atoms with Gasteiger partial charge in [-0.15, -0.1) is 23.5 Å². The maximum atomic E-state index is 12.5. The van der Waals surface area contributed by atoms with E-state index in [-0.39, 0.29) is 11.6 Å². The van der Waals surface area contributed by atoms with Crippen molar-refractivity contribution in [2.75, 3.05) is 12.0 Å². The van der Waals surface area contributed by atoms with E-state index in [1.165, 1.54) is 0 Å². The zero-order valence-corrected chi connectivity index (χ0v) is 13.2. The molecular formula is C17H14O2S2. The van der Waals surface area contributed by atoms with Crippen molar-refractivity contribution in [2.45, 2.75) is 16.2 Å². The Kier molecular flexibility index (Phi) is 4.17. The van der Waals surface area contributed by atoms with Crippen molar-refractivity contribution in [2.24, 2.45) is 0 Å². The van der Waals surface area contributed by atoms with E-state index in [0.717, 1.165) is 15.5 Å². The van der Waals surface area contributed by atoms with Crippen LogP contribution >= 0.6 is 23.5 Å². The zero-order chi connectivity index (χ0) is 14.8. The largest absolute Gasteiger partial charge is 0.294 e. The molecule has 106 valence electrons. The van der Waals surface area contributed by atoms with Gasteiger partial charge in [-0.3, -0.25) is 9.59 Å². The van der Waals surface area contributed by atoms with Gasteiger partial charge < -0.3 is 0 Å². The molecule has 3 rings (SSSR count). The zero-order valence-electron chi connectivity index (χ0n) is 11.6. The van der Waals surface area contributed by atoms with E-state index in [1.807, 2.05) is 42.7 Å². The van der Waals surface area contributed by atoms with Gasteiger partial charge in [0, 0.05) is 38.7 Å². The second-order valence-corrected chi connectivity index (χ2v) is 6.81. The van der Waals surface area contributed by atoms with Gasteiger partial charge >= 0.3 is 0 Å². The standard InChI is InChI=1S/C17H14O2S2/c1-20-13-5-2-11(3-6-13)17(19)12-4-7-16-14(10-12)15(18)8-9-21-16/h2-7,10H,8-9H2,1H3. The van der Waals surface area contributed by atoms with Crippen LogP contribution in [0.5, 0.6) is 0 Å². The molecule has 21 heavy (non-hydrogen) atoms. The van der Waals surface area contributed by atoms with Crippen molar-refractivity contribution in [1.29, 1.82) is 0 Å². The molecule has 2 aromatic carbocycles. The van der Waals surface area contributed by atoms with Gasteiger partial charge in [0.1, 0.15) is 0 Å². The van der Waals surface area contributed by atoms with Crippen LogP contribution in [0.25, 0.3) is 0 Å². The first-order valence-electron chi connectivity index (χ1n) is 6.68.